The molecule has 2 amide bonds. The zero-order valence-corrected chi connectivity index (χ0v) is 19.1. The highest BCUT2D eigenvalue weighted by Crippen LogP contribution is 2.22. The van der Waals surface area contributed by atoms with Crippen LogP contribution >= 0.6 is 0 Å². The van der Waals surface area contributed by atoms with E-state index in [0.29, 0.717) is 24.5 Å². The minimum absolute atomic E-state index is 0.146. The molecule has 170 valence electrons. The summed E-state index contributed by atoms with van der Waals surface area (Å²) in [4.78, 5) is 16.9. The number of aryl methyl sites for hydroxylation is 1. The van der Waals surface area contributed by atoms with E-state index in [0.717, 1.165) is 36.1 Å². The largest absolute Gasteiger partial charge is 0.354 e. The lowest BCUT2D eigenvalue weighted by atomic mass is 10.1. The lowest BCUT2D eigenvalue weighted by Gasteiger charge is -2.34. The molecule has 0 atom stereocenters. The van der Waals surface area contributed by atoms with Crippen LogP contribution < -0.4 is 5.32 Å². The summed E-state index contributed by atoms with van der Waals surface area (Å²) >= 11 is 0. The molecular weight excluding hydrogens is 424 g/mol. The van der Waals surface area contributed by atoms with Crippen molar-refractivity contribution in [2.45, 2.75) is 13.5 Å². The van der Waals surface area contributed by atoms with Crippen LogP contribution in [-0.4, -0.2) is 47.2 Å². The van der Waals surface area contributed by atoms with E-state index >= 15 is 0 Å². The Morgan fingerprint density at radius 3 is 2.62 bits per heavy atom. The first-order chi connectivity index (χ1) is 16.7. The van der Waals surface area contributed by atoms with Gasteiger partial charge in [-0.2, -0.15) is 0 Å². The third-order valence-electron chi connectivity index (χ3n) is 6.08. The second-order valence-corrected chi connectivity index (χ2v) is 8.49. The summed E-state index contributed by atoms with van der Waals surface area (Å²) in [6.45, 7) is 5.86. The van der Waals surface area contributed by atoms with Crippen LogP contribution in [0.15, 0.2) is 77.3 Å². The Labute approximate surface area is 199 Å². The lowest BCUT2D eigenvalue weighted by Crippen LogP contribution is -2.49. The highest BCUT2D eigenvalue weighted by atomic mass is 16.5. The van der Waals surface area contributed by atoms with Gasteiger partial charge >= 0.3 is 6.03 Å². The molecule has 1 aliphatic rings. The minimum atomic E-state index is -0.146. The Morgan fingerprint density at radius 2 is 1.76 bits per heavy atom. The number of piperazine rings is 1. The first-order valence-electron chi connectivity index (χ1n) is 11.4. The number of aromatic nitrogens is 1. The predicted molar refractivity (Wildman–Crippen MR) is 133 cm³/mol. The van der Waals surface area contributed by atoms with Gasteiger partial charge in [-0.15, -0.1) is 0 Å². The number of nitrogens with one attached hydrogen (secondary N) is 1. The molecule has 0 bridgehead atoms. The summed E-state index contributed by atoms with van der Waals surface area (Å²) in [6.07, 6.45) is 0. The van der Waals surface area contributed by atoms with E-state index in [9.17, 15) is 4.79 Å². The van der Waals surface area contributed by atoms with Crippen molar-refractivity contribution in [3.05, 3.63) is 95.1 Å². The molecule has 3 aromatic carbocycles. The summed E-state index contributed by atoms with van der Waals surface area (Å²) in [5, 5.41) is 7.69. The molecule has 0 saturated carbocycles. The average molecular weight is 451 g/mol. The standard InChI is InChI=1S/C28H26N4O2/c1-21-7-2-3-10-24(21)14-13-22-8-6-9-23(19-22)20-31-15-17-32(18-16-31)28(33)29-27-25-11-4-5-12-26(25)34-30-27/h2-12,19H,15-18,20H2,1H3,(H,29,30,33). The van der Waals surface area contributed by atoms with Gasteiger partial charge in [0, 0.05) is 43.9 Å². The highest BCUT2D eigenvalue weighted by molar-refractivity contribution is 5.98. The van der Waals surface area contributed by atoms with E-state index in [4.69, 9.17) is 4.52 Å². The number of para-hydroxylation sites is 1. The number of urea groups is 1. The Morgan fingerprint density at radius 1 is 0.971 bits per heavy atom. The van der Waals surface area contributed by atoms with Crippen LogP contribution in [0, 0.1) is 18.8 Å². The average Bonchev–Trinajstić information content (AvgIpc) is 3.27. The van der Waals surface area contributed by atoms with Crippen molar-refractivity contribution >= 4 is 22.8 Å². The molecule has 1 saturated heterocycles. The Kier molecular flexibility index (Phi) is 6.28. The molecule has 1 N–H and O–H groups in total. The molecule has 2 heterocycles. The van der Waals surface area contributed by atoms with Crippen LogP contribution in [0.3, 0.4) is 0 Å². The first-order valence-corrected chi connectivity index (χ1v) is 11.4. The molecule has 0 spiro atoms. The molecule has 0 aliphatic carbocycles. The van der Waals surface area contributed by atoms with Crippen molar-refractivity contribution < 1.29 is 9.32 Å². The van der Waals surface area contributed by atoms with Crippen molar-refractivity contribution in [1.29, 1.82) is 0 Å². The van der Waals surface area contributed by atoms with Gasteiger partial charge in [-0.1, -0.05) is 59.5 Å². The zero-order chi connectivity index (χ0) is 23.3. The Balaban J connectivity index is 1.16. The molecular formula is C28H26N4O2. The van der Waals surface area contributed by atoms with Crippen LogP contribution in [0.5, 0.6) is 0 Å². The first kappa shape index (κ1) is 21.7. The third-order valence-corrected chi connectivity index (χ3v) is 6.08. The van der Waals surface area contributed by atoms with E-state index in [1.807, 2.05) is 53.4 Å². The second-order valence-electron chi connectivity index (χ2n) is 8.49. The van der Waals surface area contributed by atoms with Gasteiger partial charge in [-0.05, 0) is 48.4 Å². The van der Waals surface area contributed by atoms with Gasteiger partial charge in [-0.3, -0.25) is 10.2 Å². The van der Waals surface area contributed by atoms with Crippen LogP contribution in [-0.2, 0) is 6.54 Å². The Hall–Kier alpha value is -4.08. The summed E-state index contributed by atoms with van der Waals surface area (Å²) in [5.41, 5.74) is 5.14. The van der Waals surface area contributed by atoms with Crippen LogP contribution in [0.25, 0.3) is 11.0 Å². The van der Waals surface area contributed by atoms with Gasteiger partial charge in [0.25, 0.3) is 0 Å². The molecule has 1 fully saturated rings. The molecule has 1 aliphatic heterocycles. The van der Waals surface area contributed by atoms with Crippen molar-refractivity contribution in [2.24, 2.45) is 0 Å². The second kappa shape index (κ2) is 9.82. The third kappa shape index (κ3) is 4.95. The van der Waals surface area contributed by atoms with E-state index in [1.54, 1.807) is 0 Å². The van der Waals surface area contributed by atoms with Gasteiger partial charge in [0.2, 0.25) is 0 Å². The summed E-state index contributed by atoms with van der Waals surface area (Å²) in [5.74, 6) is 7.04. The maximum atomic E-state index is 12.7. The van der Waals surface area contributed by atoms with Crippen molar-refractivity contribution in [3.63, 3.8) is 0 Å². The fourth-order valence-electron chi connectivity index (χ4n) is 4.12. The van der Waals surface area contributed by atoms with Crippen molar-refractivity contribution in [3.8, 4) is 11.8 Å². The van der Waals surface area contributed by atoms with E-state index in [2.05, 4.69) is 58.4 Å². The van der Waals surface area contributed by atoms with Crippen LogP contribution in [0.4, 0.5) is 10.6 Å². The molecule has 0 unspecified atom stereocenters. The fraction of sp³-hybridized carbons (Fsp3) is 0.214. The number of fused-ring (bicyclic) bond motifs is 1. The summed E-state index contributed by atoms with van der Waals surface area (Å²) in [6, 6.07) is 23.9. The fourth-order valence-corrected chi connectivity index (χ4v) is 4.12. The predicted octanol–water partition coefficient (Wildman–Crippen LogP) is 4.89. The van der Waals surface area contributed by atoms with Gasteiger partial charge in [0.05, 0.1) is 5.39 Å². The number of anilines is 1. The monoisotopic (exact) mass is 450 g/mol. The van der Waals surface area contributed by atoms with Gasteiger partial charge in [0.15, 0.2) is 11.4 Å². The van der Waals surface area contributed by atoms with E-state index < -0.39 is 0 Å². The maximum absolute atomic E-state index is 12.7. The van der Waals surface area contributed by atoms with Crippen molar-refractivity contribution in [2.75, 3.05) is 31.5 Å². The topological polar surface area (TPSA) is 61.6 Å². The number of hydrogen-bond acceptors (Lipinski definition) is 4. The number of rotatable bonds is 3. The minimum Gasteiger partial charge on any atom is -0.354 e. The van der Waals surface area contributed by atoms with E-state index in [-0.39, 0.29) is 6.03 Å². The molecule has 6 heteroatoms. The smallest absolute Gasteiger partial charge is 0.323 e. The molecule has 34 heavy (non-hydrogen) atoms. The molecule has 1 aromatic heterocycles. The Bertz CT molecular complexity index is 1370. The molecule has 6 nitrogen and oxygen atoms in total. The highest BCUT2D eigenvalue weighted by Gasteiger charge is 2.22. The molecule has 5 rings (SSSR count). The van der Waals surface area contributed by atoms with Gasteiger partial charge in [0.1, 0.15) is 0 Å². The SMILES string of the molecule is Cc1ccccc1C#Cc1cccc(CN2CCN(C(=O)Nc3noc4ccccc34)CC2)c1. The molecule has 0 radical (unpaired) electrons. The van der Waals surface area contributed by atoms with Crippen LogP contribution in [0.2, 0.25) is 0 Å². The molecule has 4 aromatic rings. The zero-order valence-electron chi connectivity index (χ0n) is 19.1. The number of carbonyl (C=O) groups is 1. The number of hydrogen-bond donors (Lipinski definition) is 1. The quantitative estimate of drug-likeness (QED) is 0.452. The van der Waals surface area contributed by atoms with Crippen LogP contribution in [0.1, 0.15) is 22.3 Å². The van der Waals surface area contributed by atoms with Gasteiger partial charge in [-0.25, -0.2) is 4.79 Å². The summed E-state index contributed by atoms with van der Waals surface area (Å²) in [7, 11) is 0. The number of carbonyl (C=O) groups excluding carboxylic acids is 1. The van der Waals surface area contributed by atoms with E-state index in [1.165, 1.54) is 11.1 Å². The number of amides is 2. The lowest BCUT2D eigenvalue weighted by molar-refractivity contribution is 0.143. The van der Waals surface area contributed by atoms with Crippen molar-refractivity contribution in [1.82, 2.24) is 15.0 Å². The summed E-state index contributed by atoms with van der Waals surface area (Å²) < 4.78 is 5.28. The van der Waals surface area contributed by atoms with Gasteiger partial charge < -0.3 is 9.42 Å². The number of nitrogens with zero attached hydrogens (tertiary/aromatic N) is 3. The number of benzene rings is 3. The normalized spacial score (nSPS) is 14.0. The maximum Gasteiger partial charge on any atom is 0.323 e.